The zero-order chi connectivity index (χ0) is 17.1. The average molecular weight is 341 g/mol. The van der Waals surface area contributed by atoms with Crippen LogP contribution in [0.1, 0.15) is 19.8 Å². The quantitative estimate of drug-likeness (QED) is 0.508. The fraction of sp³-hybridized carbons (Fsp3) is 0.294. The monoisotopic (exact) mass is 341 g/mol. The van der Waals surface area contributed by atoms with Gasteiger partial charge in [0.15, 0.2) is 0 Å². The zero-order valence-corrected chi connectivity index (χ0v) is 14.2. The van der Waals surface area contributed by atoms with E-state index in [1.54, 1.807) is 0 Å². The third kappa shape index (κ3) is 3.21. The van der Waals surface area contributed by atoms with Crippen molar-refractivity contribution in [2.24, 2.45) is 26.6 Å². The molecule has 2 aromatic rings. The Morgan fingerprint density at radius 3 is 3.12 bits per heavy atom. The molecule has 0 bridgehead atoms. The lowest BCUT2D eigenvalue weighted by Gasteiger charge is -2.14. The first-order valence-corrected chi connectivity index (χ1v) is 8.60. The highest BCUT2D eigenvalue weighted by Gasteiger charge is 2.30. The van der Waals surface area contributed by atoms with Gasteiger partial charge in [0.2, 0.25) is 0 Å². The van der Waals surface area contributed by atoms with Gasteiger partial charge in [-0.2, -0.15) is 0 Å². The number of aromatic amines is 1. The number of hydrogen-bond acceptors (Lipinski definition) is 4. The summed E-state index contributed by atoms with van der Waals surface area (Å²) in [4.78, 5) is 27.8. The summed E-state index contributed by atoms with van der Waals surface area (Å²) in [6.07, 6.45) is 4.80. The van der Waals surface area contributed by atoms with Crippen molar-refractivity contribution in [1.29, 1.82) is 0 Å². The summed E-state index contributed by atoms with van der Waals surface area (Å²) >= 11 is 1.17. The van der Waals surface area contributed by atoms with E-state index in [1.807, 2.05) is 24.3 Å². The predicted octanol–water partition coefficient (Wildman–Crippen LogP) is 3.03. The summed E-state index contributed by atoms with van der Waals surface area (Å²) < 4.78 is 0.870. The average Bonchev–Trinajstić information content (AvgIpc) is 3.16. The van der Waals surface area contributed by atoms with Crippen LogP contribution in [0, 0.1) is 5.92 Å². The first-order chi connectivity index (χ1) is 11.6. The molecule has 1 aromatic heterocycles. The molecule has 2 atom stereocenters. The number of aromatic nitrogens is 1. The second-order valence-electron chi connectivity index (χ2n) is 5.53. The van der Waals surface area contributed by atoms with Gasteiger partial charge in [0.25, 0.3) is 0 Å². The highest BCUT2D eigenvalue weighted by molar-refractivity contribution is 7.16. The number of nitrogens with two attached hydrogens (primary N) is 1. The van der Waals surface area contributed by atoms with Crippen molar-refractivity contribution < 1.29 is 0 Å². The van der Waals surface area contributed by atoms with Crippen molar-refractivity contribution in [3.63, 3.8) is 0 Å². The summed E-state index contributed by atoms with van der Waals surface area (Å²) in [6.45, 7) is 5.96. The van der Waals surface area contributed by atoms with Gasteiger partial charge < -0.3 is 10.7 Å². The van der Waals surface area contributed by atoms with Crippen LogP contribution >= 0.6 is 11.3 Å². The fourth-order valence-corrected chi connectivity index (χ4v) is 3.61. The van der Waals surface area contributed by atoms with E-state index in [9.17, 15) is 4.79 Å². The number of nitrogens with one attached hydrogen (secondary N) is 1. The molecule has 1 aromatic carbocycles. The maximum atomic E-state index is 11.4. The van der Waals surface area contributed by atoms with Crippen molar-refractivity contribution in [2.45, 2.75) is 25.8 Å². The van der Waals surface area contributed by atoms with Crippen molar-refractivity contribution in [1.82, 2.24) is 4.98 Å². The Morgan fingerprint density at radius 2 is 2.42 bits per heavy atom. The van der Waals surface area contributed by atoms with E-state index in [1.165, 1.54) is 17.7 Å². The molecule has 0 saturated carbocycles. The number of fused-ring (bicyclic) bond motifs is 1. The Morgan fingerprint density at radius 1 is 1.58 bits per heavy atom. The maximum Gasteiger partial charge on any atom is 0.305 e. The first-order valence-electron chi connectivity index (χ1n) is 7.78. The van der Waals surface area contributed by atoms with Gasteiger partial charge in [-0.05, 0) is 31.0 Å². The van der Waals surface area contributed by atoms with Crippen molar-refractivity contribution in [2.75, 3.05) is 0 Å². The Hall–Kier alpha value is -2.54. The van der Waals surface area contributed by atoms with E-state index in [0.717, 1.165) is 34.5 Å². The van der Waals surface area contributed by atoms with E-state index in [-0.39, 0.29) is 16.8 Å². The number of H-pyrrole nitrogens is 1. The number of aliphatic imine (C=N–C) groups is 3. The lowest BCUT2D eigenvalue weighted by molar-refractivity contribution is 0.676. The molecule has 1 aliphatic heterocycles. The molecule has 1 aliphatic rings. The molecule has 0 aliphatic carbocycles. The van der Waals surface area contributed by atoms with E-state index >= 15 is 0 Å². The van der Waals surface area contributed by atoms with Gasteiger partial charge in [-0.15, -0.1) is 6.58 Å². The molecule has 0 fully saturated rings. The normalized spacial score (nSPS) is 21.5. The molecule has 0 saturated heterocycles. The summed E-state index contributed by atoms with van der Waals surface area (Å²) in [5.41, 5.74) is 8.22. The summed E-state index contributed by atoms with van der Waals surface area (Å²) in [6, 6.07) is 5.55. The van der Waals surface area contributed by atoms with E-state index in [0.29, 0.717) is 5.84 Å². The standard InChI is InChI=1S/C17H19N5OS/c1-3-10-7-12(13(4-2)20-10)16(19-9-18)21-11-5-6-14-15(8-11)24-17(23)22-14/h4-6,8-9,12-13H,2-3,7H2,1H3,(H,22,23)(H2,18,19,21). The molecule has 24 heavy (non-hydrogen) atoms. The Labute approximate surface area is 143 Å². The van der Waals surface area contributed by atoms with Crippen LogP contribution in [-0.2, 0) is 0 Å². The maximum absolute atomic E-state index is 11.4. The minimum Gasteiger partial charge on any atom is -0.390 e. The van der Waals surface area contributed by atoms with Crippen molar-refractivity contribution >= 4 is 45.1 Å². The Kier molecular flexibility index (Phi) is 4.71. The van der Waals surface area contributed by atoms with Crippen LogP contribution in [0.15, 0.2) is 50.6 Å². The summed E-state index contributed by atoms with van der Waals surface area (Å²) in [5.74, 6) is 0.676. The van der Waals surface area contributed by atoms with Crippen LogP contribution in [0.25, 0.3) is 10.2 Å². The molecule has 0 spiro atoms. The smallest absolute Gasteiger partial charge is 0.305 e. The van der Waals surface area contributed by atoms with Crippen LogP contribution in [0.5, 0.6) is 0 Å². The lowest BCUT2D eigenvalue weighted by atomic mass is 9.96. The minimum absolute atomic E-state index is 0.0329. The minimum atomic E-state index is -0.0742. The molecular weight excluding hydrogens is 322 g/mol. The largest absolute Gasteiger partial charge is 0.390 e. The van der Waals surface area contributed by atoms with Gasteiger partial charge >= 0.3 is 4.87 Å². The van der Waals surface area contributed by atoms with Crippen molar-refractivity contribution in [3.05, 3.63) is 40.5 Å². The fourth-order valence-electron chi connectivity index (χ4n) is 2.84. The van der Waals surface area contributed by atoms with Crippen LogP contribution < -0.4 is 10.6 Å². The van der Waals surface area contributed by atoms with E-state index < -0.39 is 0 Å². The molecule has 2 heterocycles. The Bertz CT molecular complexity index is 905. The molecular formula is C17H19N5OS. The summed E-state index contributed by atoms with van der Waals surface area (Å²) in [7, 11) is 0. The molecule has 0 radical (unpaired) electrons. The van der Waals surface area contributed by atoms with Gasteiger partial charge in [-0.3, -0.25) is 9.79 Å². The molecule has 3 N–H and O–H groups in total. The van der Waals surface area contributed by atoms with E-state index in [2.05, 4.69) is 33.5 Å². The van der Waals surface area contributed by atoms with Crippen LogP contribution in [0.3, 0.4) is 0 Å². The van der Waals surface area contributed by atoms with Crippen molar-refractivity contribution in [3.8, 4) is 0 Å². The van der Waals surface area contributed by atoms with Gasteiger partial charge in [0.1, 0.15) is 5.84 Å². The number of rotatable bonds is 4. The lowest BCUT2D eigenvalue weighted by Crippen LogP contribution is -2.21. The molecule has 0 amide bonds. The highest BCUT2D eigenvalue weighted by Crippen LogP contribution is 2.28. The first kappa shape index (κ1) is 16.3. The molecule has 124 valence electrons. The van der Waals surface area contributed by atoms with Crippen LogP contribution in [0.2, 0.25) is 0 Å². The second-order valence-corrected chi connectivity index (χ2v) is 6.54. The molecule has 3 rings (SSSR count). The third-order valence-corrected chi connectivity index (χ3v) is 4.88. The van der Waals surface area contributed by atoms with Crippen LogP contribution in [-0.4, -0.2) is 28.9 Å². The highest BCUT2D eigenvalue weighted by atomic mass is 32.1. The topological polar surface area (TPSA) is 96.0 Å². The van der Waals surface area contributed by atoms with Gasteiger partial charge in [-0.25, -0.2) is 9.98 Å². The third-order valence-electron chi connectivity index (χ3n) is 4.04. The van der Waals surface area contributed by atoms with Gasteiger partial charge in [-0.1, -0.05) is 24.3 Å². The van der Waals surface area contributed by atoms with Gasteiger partial charge in [0.05, 0.1) is 34.2 Å². The number of hydrogen-bond donors (Lipinski definition) is 2. The number of benzene rings is 1. The number of thiazole rings is 1. The number of nitrogens with zero attached hydrogens (tertiary/aromatic N) is 3. The predicted molar refractivity (Wildman–Crippen MR) is 102 cm³/mol. The second kappa shape index (κ2) is 6.92. The number of amidine groups is 1. The molecule has 6 nitrogen and oxygen atoms in total. The Balaban J connectivity index is 1.98. The SMILES string of the molecule is C=CC1N=C(CC)CC1C(N=CN)=Nc1ccc2[nH]c(=O)sc2c1. The zero-order valence-electron chi connectivity index (χ0n) is 13.4. The molecule has 2 unspecified atom stereocenters. The van der Waals surface area contributed by atoms with Crippen LogP contribution in [0.4, 0.5) is 5.69 Å². The van der Waals surface area contributed by atoms with E-state index in [4.69, 9.17) is 5.73 Å². The summed E-state index contributed by atoms with van der Waals surface area (Å²) in [5, 5.41) is 0. The van der Waals surface area contributed by atoms with Gasteiger partial charge in [0, 0.05) is 5.71 Å². The molecule has 7 heteroatoms.